The Kier molecular flexibility index (Phi) is 3.92. The summed E-state index contributed by atoms with van der Waals surface area (Å²) in [5, 5.41) is 0. The molecule has 0 aromatic heterocycles. The molecular formula is C15H29N3. The molecule has 0 spiro atoms. The normalized spacial score (nSPS) is 39.3. The van der Waals surface area contributed by atoms with Gasteiger partial charge in [0.15, 0.2) is 0 Å². The van der Waals surface area contributed by atoms with Gasteiger partial charge in [-0.25, -0.2) is 0 Å². The van der Waals surface area contributed by atoms with Crippen molar-refractivity contribution in [1.82, 2.24) is 14.7 Å². The predicted octanol–water partition coefficient (Wildman–Crippen LogP) is 1.50. The number of rotatable bonds is 3. The Morgan fingerprint density at radius 3 is 2.67 bits per heavy atom. The summed E-state index contributed by atoms with van der Waals surface area (Å²) < 4.78 is 0. The van der Waals surface area contributed by atoms with Gasteiger partial charge in [0.05, 0.1) is 0 Å². The average molecular weight is 251 g/mol. The summed E-state index contributed by atoms with van der Waals surface area (Å²) in [6.45, 7) is 10.4. The molecule has 104 valence electrons. The van der Waals surface area contributed by atoms with Crippen molar-refractivity contribution in [2.24, 2.45) is 5.92 Å². The van der Waals surface area contributed by atoms with Crippen LogP contribution in [-0.2, 0) is 0 Å². The first-order valence-electron chi connectivity index (χ1n) is 7.93. The fourth-order valence-corrected chi connectivity index (χ4v) is 4.27. The maximum absolute atomic E-state index is 2.83. The van der Waals surface area contributed by atoms with Gasteiger partial charge in [0, 0.05) is 38.3 Å². The molecule has 3 fully saturated rings. The molecule has 3 nitrogen and oxygen atoms in total. The van der Waals surface area contributed by atoms with E-state index in [2.05, 4.69) is 28.7 Å². The molecule has 3 aliphatic rings. The lowest BCUT2D eigenvalue weighted by molar-refractivity contribution is 0.0392. The smallest absolute Gasteiger partial charge is 0.0224 e. The summed E-state index contributed by atoms with van der Waals surface area (Å²) in [6, 6.07) is 1.71. The maximum Gasteiger partial charge on any atom is 0.0224 e. The maximum atomic E-state index is 2.83. The van der Waals surface area contributed by atoms with E-state index < -0.39 is 0 Å². The highest BCUT2D eigenvalue weighted by Gasteiger charge is 2.36. The molecule has 3 saturated heterocycles. The molecule has 3 heterocycles. The molecule has 3 atom stereocenters. The second-order valence-corrected chi connectivity index (χ2v) is 6.72. The highest BCUT2D eigenvalue weighted by atomic mass is 15.3. The molecule has 0 aromatic carbocycles. The molecule has 0 amide bonds. The van der Waals surface area contributed by atoms with Gasteiger partial charge in [-0.2, -0.15) is 0 Å². The molecule has 0 radical (unpaired) electrons. The van der Waals surface area contributed by atoms with Gasteiger partial charge >= 0.3 is 0 Å². The van der Waals surface area contributed by atoms with Crippen LogP contribution in [0.25, 0.3) is 0 Å². The van der Waals surface area contributed by atoms with Gasteiger partial charge in [-0.1, -0.05) is 6.92 Å². The van der Waals surface area contributed by atoms with E-state index in [-0.39, 0.29) is 0 Å². The first-order valence-corrected chi connectivity index (χ1v) is 7.93. The van der Waals surface area contributed by atoms with Crippen LogP contribution in [0.2, 0.25) is 0 Å². The van der Waals surface area contributed by atoms with Crippen LogP contribution < -0.4 is 0 Å². The summed E-state index contributed by atoms with van der Waals surface area (Å²) in [7, 11) is 2.27. The van der Waals surface area contributed by atoms with E-state index in [1.165, 1.54) is 65.0 Å². The van der Waals surface area contributed by atoms with Crippen LogP contribution >= 0.6 is 0 Å². The van der Waals surface area contributed by atoms with Gasteiger partial charge in [0.2, 0.25) is 0 Å². The number of likely N-dealkylation sites (tertiary alicyclic amines) is 1. The van der Waals surface area contributed by atoms with Gasteiger partial charge in [-0.15, -0.1) is 0 Å². The van der Waals surface area contributed by atoms with E-state index >= 15 is 0 Å². The minimum atomic E-state index is 0.824. The zero-order valence-corrected chi connectivity index (χ0v) is 12.1. The molecule has 0 N–H and O–H groups in total. The molecule has 0 saturated carbocycles. The van der Waals surface area contributed by atoms with Crippen LogP contribution in [0, 0.1) is 5.92 Å². The summed E-state index contributed by atoms with van der Waals surface area (Å²) in [5.74, 6) is 0.928. The van der Waals surface area contributed by atoms with Gasteiger partial charge in [-0.3, -0.25) is 9.80 Å². The van der Waals surface area contributed by atoms with Crippen molar-refractivity contribution in [1.29, 1.82) is 0 Å². The van der Waals surface area contributed by atoms with Crippen molar-refractivity contribution in [2.75, 3.05) is 46.3 Å². The van der Waals surface area contributed by atoms with Gasteiger partial charge in [0.25, 0.3) is 0 Å². The van der Waals surface area contributed by atoms with E-state index in [9.17, 15) is 0 Å². The van der Waals surface area contributed by atoms with Crippen molar-refractivity contribution in [3.63, 3.8) is 0 Å². The van der Waals surface area contributed by atoms with E-state index in [0.29, 0.717) is 0 Å². The van der Waals surface area contributed by atoms with Crippen molar-refractivity contribution in [3.8, 4) is 0 Å². The van der Waals surface area contributed by atoms with Crippen molar-refractivity contribution in [3.05, 3.63) is 0 Å². The molecule has 0 aliphatic carbocycles. The lowest BCUT2D eigenvalue weighted by atomic mass is 10.0. The molecular weight excluding hydrogens is 222 g/mol. The zero-order valence-electron chi connectivity index (χ0n) is 12.1. The van der Waals surface area contributed by atoms with Crippen molar-refractivity contribution in [2.45, 2.75) is 44.7 Å². The largest absolute Gasteiger partial charge is 0.306 e. The minimum Gasteiger partial charge on any atom is -0.306 e. The Balaban J connectivity index is 1.59. The predicted molar refractivity (Wildman–Crippen MR) is 75.9 cm³/mol. The molecule has 18 heavy (non-hydrogen) atoms. The van der Waals surface area contributed by atoms with Gasteiger partial charge in [0.1, 0.15) is 0 Å². The number of hydrogen-bond donors (Lipinski definition) is 0. The summed E-state index contributed by atoms with van der Waals surface area (Å²) >= 11 is 0. The SMILES string of the molecule is CCC1CN2CCCC2CN1CC1CCN(C)C1. The standard InChI is InChI=1S/C15H29N3/c1-3-14-11-17-7-4-5-15(17)12-18(14)10-13-6-8-16(2)9-13/h13-15H,3-12H2,1-2H3. The van der Waals surface area contributed by atoms with Crippen LogP contribution in [0.4, 0.5) is 0 Å². The number of piperazine rings is 1. The molecule has 3 heteroatoms. The Morgan fingerprint density at radius 1 is 1.06 bits per heavy atom. The van der Waals surface area contributed by atoms with Crippen LogP contribution in [0.1, 0.15) is 32.6 Å². The van der Waals surface area contributed by atoms with Gasteiger partial charge < -0.3 is 4.90 Å². The van der Waals surface area contributed by atoms with Crippen molar-refractivity contribution < 1.29 is 0 Å². The fourth-order valence-electron chi connectivity index (χ4n) is 4.27. The van der Waals surface area contributed by atoms with E-state index in [1.807, 2.05) is 0 Å². The molecule has 3 aliphatic heterocycles. The summed E-state index contributed by atoms with van der Waals surface area (Å²) in [4.78, 5) is 8.08. The third-order valence-corrected chi connectivity index (χ3v) is 5.36. The van der Waals surface area contributed by atoms with E-state index in [0.717, 1.165) is 18.0 Å². The fraction of sp³-hybridized carbons (Fsp3) is 1.00. The van der Waals surface area contributed by atoms with E-state index in [4.69, 9.17) is 0 Å². The third-order valence-electron chi connectivity index (χ3n) is 5.36. The Bertz CT molecular complexity index is 281. The molecule has 3 unspecified atom stereocenters. The average Bonchev–Trinajstić information content (AvgIpc) is 2.97. The van der Waals surface area contributed by atoms with Crippen LogP contribution in [0.5, 0.6) is 0 Å². The van der Waals surface area contributed by atoms with Gasteiger partial charge in [-0.05, 0) is 51.7 Å². The molecule has 3 rings (SSSR count). The summed E-state index contributed by atoms with van der Waals surface area (Å²) in [5.41, 5.74) is 0. The Hall–Kier alpha value is -0.120. The van der Waals surface area contributed by atoms with Crippen molar-refractivity contribution >= 4 is 0 Å². The van der Waals surface area contributed by atoms with Crippen LogP contribution in [0.3, 0.4) is 0 Å². The third kappa shape index (κ3) is 2.59. The van der Waals surface area contributed by atoms with Crippen LogP contribution in [-0.4, -0.2) is 73.1 Å². The van der Waals surface area contributed by atoms with Crippen LogP contribution in [0.15, 0.2) is 0 Å². The lowest BCUT2D eigenvalue weighted by Gasteiger charge is -2.44. The second-order valence-electron chi connectivity index (χ2n) is 6.72. The topological polar surface area (TPSA) is 9.72 Å². The number of hydrogen-bond acceptors (Lipinski definition) is 3. The molecule has 0 bridgehead atoms. The molecule has 0 aromatic rings. The first-order chi connectivity index (χ1) is 8.76. The lowest BCUT2D eigenvalue weighted by Crippen LogP contribution is -2.56. The highest BCUT2D eigenvalue weighted by molar-refractivity contribution is 4.93. The second kappa shape index (κ2) is 5.48. The Morgan fingerprint density at radius 2 is 1.94 bits per heavy atom. The number of nitrogens with zero attached hydrogens (tertiary/aromatic N) is 3. The number of fused-ring (bicyclic) bond motifs is 1. The minimum absolute atomic E-state index is 0.824. The Labute approximate surface area is 112 Å². The first kappa shape index (κ1) is 12.9. The summed E-state index contributed by atoms with van der Waals surface area (Å²) in [6.07, 6.45) is 5.61. The highest BCUT2D eigenvalue weighted by Crippen LogP contribution is 2.27. The van der Waals surface area contributed by atoms with E-state index in [1.54, 1.807) is 0 Å². The zero-order chi connectivity index (χ0) is 12.5. The quantitative estimate of drug-likeness (QED) is 0.752. The monoisotopic (exact) mass is 251 g/mol.